The van der Waals surface area contributed by atoms with Crippen LogP contribution < -0.4 is 11.3 Å². The minimum Gasteiger partial charge on any atom is -0.399 e. The van der Waals surface area contributed by atoms with Crippen LogP contribution in [0.1, 0.15) is 12.0 Å². The van der Waals surface area contributed by atoms with Gasteiger partial charge in [-0.1, -0.05) is 12.1 Å². The average Bonchev–Trinajstić information content (AvgIpc) is 2.36. The molecule has 1 heterocycles. The summed E-state index contributed by atoms with van der Waals surface area (Å²) in [5, 5.41) is 0. The summed E-state index contributed by atoms with van der Waals surface area (Å²) in [6.45, 7) is 0.725. The maximum atomic E-state index is 11.6. The van der Waals surface area contributed by atoms with Crippen LogP contribution in [0.2, 0.25) is 0 Å². The molecule has 94 valence electrons. The number of nitrogen functional groups attached to an aromatic ring is 1. The molecule has 1 aromatic heterocycles. The van der Waals surface area contributed by atoms with Crippen LogP contribution in [0.4, 0.5) is 5.69 Å². The molecule has 0 unspecified atom stereocenters. The van der Waals surface area contributed by atoms with Crippen molar-refractivity contribution in [2.45, 2.75) is 19.4 Å². The lowest BCUT2D eigenvalue weighted by Crippen LogP contribution is -2.18. The number of benzene rings is 1. The molecule has 0 radical (unpaired) electrons. The number of aryl methyl sites for hydroxylation is 2. The summed E-state index contributed by atoms with van der Waals surface area (Å²) in [4.78, 5) is 11.6. The largest absolute Gasteiger partial charge is 0.399 e. The molecule has 2 N–H and O–H groups in total. The molecule has 0 aliphatic carbocycles. The van der Waals surface area contributed by atoms with Gasteiger partial charge in [0.25, 0.3) is 5.56 Å². The molecule has 4 heteroatoms. The fraction of sp³-hybridized carbons (Fsp3) is 0.214. The molecule has 2 rings (SSSR count). The van der Waals surface area contributed by atoms with Gasteiger partial charge < -0.3 is 10.3 Å². The van der Waals surface area contributed by atoms with Gasteiger partial charge in [-0.3, -0.25) is 4.79 Å². The second-order valence-corrected chi connectivity index (χ2v) is 5.14. The van der Waals surface area contributed by atoms with Crippen molar-refractivity contribution in [3.63, 3.8) is 0 Å². The van der Waals surface area contributed by atoms with Gasteiger partial charge in [0.15, 0.2) is 0 Å². The molecule has 0 fully saturated rings. The number of nitrogens with zero attached hydrogens (tertiary/aromatic N) is 1. The van der Waals surface area contributed by atoms with Gasteiger partial charge in [-0.15, -0.1) is 0 Å². The summed E-state index contributed by atoms with van der Waals surface area (Å²) >= 11 is 3.37. The quantitative estimate of drug-likeness (QED) is 0.883. The lowest BCUT2D eigenvalue weighted by molar-refractivity contribution is 0.621. The maximum Gasteiger partial charge on any atom is 0.250 e. The minimum absolute atomic E-state index is 0.0375. The average molecular weight is 307 g/mol. The highest BCUT2D eigenvalue weighted by Gasteiger charge is 1.98. The van der Waals surface area contributed by atoms with Crippen molar-refractivity contribution >= 4 is 21.6 Å². The number of anilines is 1. The van der Waals surface area contributed by atoms with Crippen molar-refractivity contribution in [3.05, 3.63) is 63.0 Å². The highest BCUT2D eigenvalue weighted by molar-refractivity contribution is 9.10. The van der Waals surface area contributed by atoms with Crippen LogP contribution in [0.3, 0.4) is 0 Å². The Bertz CT molecular complexity index is 575. The van der Waals surface area contributed by atoms with E-state index in [1.807, 2.05) is 30.5 Å². The van der Waals surface area contributed by atoms with E-state index in [9.17, 15) is 4.79 Å². The molecule has 0 aliphatic rings. The summed E-state index contributed by atoms with van der Waals surface area (Å²) in [7, 11) is 0. The monoisotopic (exact) mass is 306 g/mol. The Morgan fingerprint density at radius 3 is 2.56 bits per heavy atom. The van der Waals surface area contributed by atoms with E-state index < -0.39 is 0 Å². The van der Waals surface area contributed by atoms with Crippen molar-refractivity contribution in [1.29, 1.82) is 0 Å². The summed E-state index contributed by atoms with van der Waals surface area (Å²) in [5.41, 5.74) is 7.69. The standard InChI is InChI=1S/C14H15BrN2O/c15-12-5-8-14(18)17(10-12)9-1-2-11-3-6-13(16)7-4-11/h3-8,10H,1-2,9,16H2. The number of hydrogen-bond acceptors (Lipinski definition) is 2. The fourth-order valence-corrected chi connectivity index (χ4v) is 2.19. The van der Waals surface area contributed by atoms with Gasteiger partial charge in [-0.05, 0) is 52.5 Å². The molecule has 1 aromatic carbocycles. The van der Waals surface area contributed by atoms with Crippen LogP contribution in [-0.4, -0.2) is 4.57 Å². The first-order valence-corrected chi connectivity index (χ1v) is 6.65. The lowest BCUT2D eigenvalue weighted by atomic mass is 10.1. The third-order valence-corrected chi connectivity index (χ3v) is 3.26. The molecule has 0 saturated heterocycles. The van der Waals surface area contributed by atoms with Crippen LogP contribution in [0, 0.1) is 0 Å². The van der Waals surface area contributed by atoms with Crippen molar-refractivity contribution in [1.82, 2.24) is 4.57 Å². The summed E-state index contributed by atoms with van der Waals surface area (Å²) < 4.78 is 2.65. The van der Waals surface area contributed by atoms with Crippen molar-refractivity contribution < 1.29 is 0 Å². The van der Waals surface area contributed by atoms with Gasteiger partial charge in [0.1, 0.15) is 0 Å². The molecular weight excluding hydrogens is 292 g/mol. The first kappa shape index (κ1) is 12.9. The van der Waals surface area contributed by atoms with Gasteiger partial charge in [-0.2, -0.15) is 0 Å². The molecule has 0 amide bonds. The van der Waals surface area contributed by atoms with E-state index in [-0.39, 0.29) is 5.56 Å². The van der Waals surface area contributed by atoms with Crippen LogP contribution in [0.5, 0.6) is 0 Å². The van der Waals surface area contributed by atoms with Gasteiger partial charge in [0, 0.05) is 29.0 Å². The Hall–Kier alpha value is -1.55. The Kier molecular flexibility index (Phi) is 4.20. The molecule has 0 saturated carbocycles. The van der Waals surface area contributed by atoms with Crippen LogP contribution in [-0.2, 0) is 13.0 Å². The number of nitrogens with two attached hydrogens (primary N) is 1. The van der Waals surface area contributed by atoms with Gasteiger partial charge >= 0.3 is 0 Å². The van der Waals surface area contributed by atoms with E-state index in [2.05, 4.69) is 15.9 Å². The van der Waals surface area contributed by atoms with Crippen LogP contribution in [0.15, 0.2) is 51.9 Å². The third-order valence-electron chi connectivity index (χ3n) is 2.79. The first-order chi connectivity index (χ1) is 8.65. The normalized spacial score (nSPS) is 10.5. The van der Waals surface area contributed by atoms with E-state index in [0.29, 0.717) is 0 Å². The second kappa shape index (κ2) is 5.87. The SMILES string of the molecule is Nc1ccc(CCCn2cc(Br)ccc2=O)cc1. The predicted octanol–water partition coefficient (Wildman–Crippen LogP) is 2.83. The van der Waals surface area contributed by atoms with Gasteiger partial charge in [0.05, 0.1) is 0 Å². The fourth-order valence-electron chi connectivity index (χ4n) is 1.81. The smallest absolute Gasteiger partial charge is 0.250 e. The van der Waals surface area contributed by atoms with Crippen molar-refractivity contribution in [3.8, 4) is 0 Å². The molecular formula is C14H15BrN2O. The Labute approximate surface area is 114 Å². The number of pyridine rings is 1. The number of rotatable bonds is 4. The number of aromatic nitrogens is 1. The molecule has 0 spiro atoms. The summed E-state index contributed by atoms with van der Waals surface area (Å²) in [6.07, 6.45) is 3.70. The summed E-state index contributed by atoms with van der Waals surface area (Å²) in [6, 6.07) is 11.2. The van der Waals surface area contributed by atoms with E-state index in [0.717, 1.165) is 29.5 Å². The first-order valence-electron chi connectivity index (χ1n) is 5.85. The van der Waals surface area contributed by atoms with E-state index >= 15 is 0 Å². The minimum atomic E-state index is 0.0375. The topological polar surface area (TPSA) is 48.0 Å². The Balaban J connectivity index is 1.94. The summed E-state index contributed by atoms with van der Waals surface area (Å²) in [5.74, 6) is 0. The van der Waals surface area contributed by atoms with Crippen molar-refractivity contribution in [2.24, 2.45) is 0 Å². The molecule has 18 heavy (non-hydrogen) atoms. The third kappa shape index (κ3) is 3.47. The molecule has 3 nitrogen and oxygen atoms in total. The van der Waals surface area contributed by atoms with E-state index in [1.165, 1.54) is 5.56 Å². The zero-order valence-electron chi connectivity index (χ0n) is 9.97. The highest BCUT2D eigenvalue weighted by Crippen LogP contribution is 2.09. The lowest BCUT2D eigenvalue weighted by Gasteiger charge is -2.06. The molecule has 2 aromatic rings. The zero-order chi connectivity index (χ0) is 13.0. The van der Waals surface area contributed by atoms with Gasteiger partial charge in [-0.25, -0.2) is 0 Å². The van der Waals surface area contributed by atoms with E-state index in [1.54, 1.807) is 16.7 Å². The zero-order valence-corrected chi connectivity index (χ0v) is 11.6. The van der Waals surface area contributed by atoms with Crippen LogP contribution >= 0.6 is 15.9 Å². The van der Waals surface area contributed by atoms with E-state index in [4.69, 9.17) is 5.73 Å². The number of halogens is 1. The highest BCUT2D eigenvalue weighted by atomic mass is 79.9. The van der Waals surface area contributed by atoms with Crippen molar-refractivity contribution in [2.75, 3.05) is 5.73 Å². The molecule has 0 atom stereocenters. The second-order valence-electron chi connectivity index (χ2n) is 4.22. The van der Waals surface area contributed by atoms with Gasteiger partial charge in [0.2, 0.25) is 0 Å². The maximum absolute atomic E-state index is 11.6. The molecule has 0 bridgehead atoms. The predicted molar refractivity (Wildman–Crippen MR) is 77.6 cm³/mol. The Morgan fingerprint density at radius 1 is 1.11 bits per heavy atom. The number of hydrogen-bond donors (Lipinski definition) is 1. The Morgan fingerprint density at radius 2 is 1.83 bits per heavy atom. The molecule has 0 aliphatic heterocycles. The van der Waals surface area contributed by atoms with Crippen LogP contribution in [0.25, 0.3) is 0 Å².